The van der Waals surface area contributed by atoms with Gasteiger partial charge in [0.15, 0.2) is 0 Å². The van der Waals surface area contributed by atoms with E-state index >= 15 is 0 Å². The zero-order valence-corrected chi connectivity index (χ0v) is 14.3. The number of nitrogens with one attached hydrogen (secondary N) is 2. The lowest BCUT2D eigenvalue weighted by molar-refractivity contribution is 0.0932. The van der Waals surface area contributed by atoms with Gasteiger partial charge in [-0.25, -0.2) is 9.97 Å². The lowest BCUT2D eigenvalue weighted by atomic mass is 10.1. The molecule has 1 saturated carbocycles. The molecule has 1 aliphatic rings. The van der Waals surface area contributed by atoms with Crippen molar-refractivity contribution in [3.8, 4) is 0 Å². The van der Waals surface area contributed by atoms with E-state index in [9.17, 15) is 4.79 Å². The van der Waals surface area contributed by atoms with Crippen LogP contribution in [0.3, 0.4) is 0 Å². The van der Waals surface area contributed by atoms with Gasteiger partial charge in [-0.3, -0.25) is 4.79 Å². The molecule has 5 nitrogen and oxygen atoms in total. The average molecular weight is 324 g/mol. The number of rotatable bonds is 5. The summed E-state index contributed by atoms with van der Waals surface area (Å²) in [4.78, 5) is 21.2. The van der Waals surface area contributed by atoms with E-state index in [1.807, 2.05) is 13.0 Å². The van der Waals surface area contributed by atoms with Crippen LogP contribution >= 0.6 is 0 Å². The summed E-state index contributed by atoms with van der Waals surface area (Å²) in [6.07, 6.45) is 4.51. The standard InChI is InChI=1S/C19H24N4O/c1-13-6-5-7-15(10-13)12-20-19-21-14(2)11-17(23-19)18(24)22-16-8-3-4-9-16/h5-7,10-11,16H,3-4,8-9,12H2,1-2H3,(H,22,24)(H,20,21,23). The van der Waals surface area contributed by atoms with E-state index in [1.54, 1.807) is 6.07 Å². The van der Waals surface area contributed by atoms with Gasteiger partial charge in [-0.05, 0) is 38.3 Å². The Balaban J connectivity index is 1.67. The summed E-state index contributed by atoms with van der Waals surface area (Å²) in [5.74, 6) is 0.388. The predicted molar refractivity (Wildman–Crippen MR) is 95.0 cm³/mol. The molecule has 1 fully saturated rings. The molecule has 0 unspecified atom stereocenters. The minimum atomic E-state index is -0.106. The Morgan fingerprint density at radius 2 is 1.96 bits per heavy atom. The monoisotopic (exact) mass is 324 g/mol. The van der Waals surface area contributed by atoms with Crippen molar-refractivity contribution in [2.24, 2.45) is 0 Å². The number of benzene rings is 1. The molecule has 0 spiro atoms. The number of hydrogen-bond donors (Lipinski definition) is 2. The molecule has 24 heavy (non-hydrogen) atoms. The lowest BCUT2D eigenvalue weighted by Crippen LogP contribution is -2.33. The van der Waals surface area contributed by atoms with Gasteiger partial charge < -0.3 is 10.6 Å². The number of carbonyl (C=O) groups is 1. The van der Waals surface area contributed by atoms with Crippen LogP contribution in [0.15, 0.2) is 30.3 Å². The highest BCUT2D eigenvalue weighted by Crippen LogP contribution is 2.18. The Morgan fingerprint density at radius 3 is 2.71 bits per heavy atom. The van der Waals surface area contributed by atoms with E-state index in [2.05, 4.69) is 45.7 Å². The van der Waals surface area contributed by atoms with Crippen molar-refractivity contribution in [3.05, 3.63) is 52.8 Å². The fraction of sp³-hybridized carbons (Fsp3) is 0.421. The van der Waals surface area contributed by atoms with Crippen molar-refractivity contribution in [1.29, 1.82) is 0 Å². The molecule has 1 aliphatic carbocycles. The fourth-order valence-electron chi connectivity index (χ4n) is 3.10. The van der Waals surface area contributed by atoms with Crippen LogP contribution in [-0.2, 0) is 6.54 Å². The molecule has 0 radical (unpaired) electrons. The summed E-state index contributed by atoms with van der Waals surface area (Å²) in [5.41, 5.74) is 3.60. The molecule has 1 aromatic heterocycles. The summed E-state index contributed by atoms with van der Waals surface area (Å²) in [6, 6.07) is 10.3. The molecule has 2 aromatic rings. The van der Waals surface area contributed by atoms with Crippen molar-refractivity contribution >= 4 is 11.9 Å². The molecule has 5 heteroatoms. The Kier molecular flexibility index (Phi) is 5.08. The molecule has 2 N–H and O–H groups in total. The molecule has 126 valence electrons. The van der Waals surface area contributed by atoms with E-state index in [0.29, 0.717) is 18.2 Å². The van der Waals surface area contributed by atoms with Crippen molar-refractivity contribution < 1.29 is 4.79 Å². The number of hydrogen-bond acceptors (Lipinski definition) is 4. The van der Waals surface area contributed by atoms with Crippen LogP contribution in [0.25, 0.3) is 0 Å². The van der Waals surface area contributed by atoms with Gasteiger partial charge in [0.2, 0.25) is 5.95 Å². The smallest absolute Gasteiger partial charge is 0.270 e. The number of nitrogens with zero attached hydrogens (tertiary/aromatic N) is 2. The second-order valence-electron chi connectivity index (χ2n) is 6.52. The van der Waals surface area contributed by atoms with Gasteiger partial charge in [0.25, 0.3) is 5.91 Å². The Morgan fingerprint density at radius 1 is 1.17 bits per heavy atom. The van der Waals surface area contributed by atoms with E-state index in [1.165, 1.54) is 18.4 Å². The third-order valence-corrected chi connectivity index (χ3v) is 4.31. The van der Waals surface area contributed by atoms with E-state index < -0.39 is 0 Å². The molecular weight excluding hydrogens is 300 g/mol. The number of aromatic nitrogens is 2. The molecule has 0 aliphatic heterocycles. The highest BCUT2D eigenvalue weighted by molar-refractivity contribution is 5.92. The SMILES string of the molecule is Cc1cccc(CNc2nc(C)cc(C(=O)NC3CCCC3)n2)c1. The van der Waals surface area contributed by atoms with E-state index in [0.717, 1.165) is 24.1 Å². The number of anilines is 1. The first kappa shape index (κ1) is 16.4. The number of aryl methyl sites for hydroxylation is 2. The van der Waals surface area contributed by atoms with Crippen molar-refractivity contribution in [2.75, 3.05) is 5.32 Å². The zero-order chi connectivity index (χ0) is 16.9. The van der Waals surface area contributed by atoms with Gasteiger partial charge in [-0.15, -0.1) is 0 Å². The molecule has 3 rings (SSSR count). The molecule has 0 saturated heterocycles. The van der Waals surface area contributed by atoms with Crippen molar-refractivity contribution in [3.63, 3.8) is 0 Å². The maximum absolute atomic E-state index is 12.4. The Hall–Kier alpha value is -2.43. The van der Waals surface area contributed by atoms with Gasteiger partial charge in [0, 0.05) is 18.3 Å². The lowest BCUT2D eigenvalue weighted by Gasteiger charge is -2.13. The summed E-state index contributed by atoms with van der Waals surface area (Å²) in [6.45, 7) is 4.58. The largest absolute Gasteiger partial charge is 0.350 e. The van der Waals surface area contributed by atoms with Gasteiger partial charge in [0.05, 0.1) is 0 Å². The minimum absolute atomic E-state index is 0.106. The van der Waals surface area contributed by atoms with Gasteiger partial charge in [-0.1, -0.05) is 42.7 Å². The third kappa shape index (κ3) is 4.31. The first-order valence-corrected chi connectivity index (χ1v) is 8.56. The minimum Gasteiger partial charge on any atom is -0.350 e. The van der Waals surface area contributed by atoms with Crippen LogP contribution < -0.4 is 10.6 Å². The highest BCUT2D eigenvalue weighted by Gasteiger charge is 2.19. The van der Waals surface area contributed by atoms with E-state index in [4.69, 9.17) is 0 Å². The molecule has 0 atom stereocenters. The Bertz CT molecular complexity index is 723. The third-order valence-electron chi connectivity index (χ3n) is 4.31. The van der Waals surface area contributed by atoms with Crippen LogP contribution in [0, 0.1) is 13.8 Å². The second kappa shape index (κ2) is 7.43. The fourth-order valence-corrected chi connectivity index (χ4v) is 3.10. The summed E-state index contributed by atoms with van der Waals surface area (Å²) in [5, 5.41) is 6.29. The van der Waals surface area contributed by atoms with Gasteiger partial charge >= 0.3 is 0 Å². The van der Waals surface area contributed by atoms with Gasteiger partial charge in [-0.2, -0.15) is 0 Å². The highest BCUT2D eigenvalue weighted by atomic mass is 16.1. The normalized spacial score (nSPS) is 14.6. The topological polar surface area (TPSA) is 66.9 Å². The van der Waals surface area contributed by atoms with Crippen LogP contribution in [0.1, 0.15) is 53.0 Å². The number of amides is 1. The van der Waals surface area contributed by atoms with Crippen LogP contribution in [0.2, 0.25) is 0 Å². The first-order chi connectivity index (χ1) is 11.6. The molecule has 1 heterocycles. The summed E-state index contributed by atoms with van der Waals surface area (Å²) in [7, 11) is 0. The van der Waals surface area contributed by atoms with Crippen LogP contribution in [0.4, 0.5) is 5.95 Å². The second-order valence-corrected chi connectivity index (χ2v) is 6.52. The summed E-state index contributed by atoms with van der Waals surface area (Å²) < 4.78 is 0. The average Bonchev–Trinajstić information content (AvgIpc) is 3.05. The zero-order valence-electron chi connectivity index (χ0n) is 14.3. The number of carbonyl (C=O) groups excluding carboxylic acids is 1. The van der Waals surface area contributed by atoms with Crippen LogP contribution in [0.5, 0.6) is 0 Å². The quantitative estimate of drug-likeness (QED) is 0.885. The van der Waals surface area contributed by atoms with Crippen LogP contribution in [-0.4, -0.2) is 21.9 Å². The van der Waals surface area contributed by atoms with Gasteiger partial charge in [0.1, 0.15) is 5.69 Å². The molecule has 1 aromatic carbocycles. The molecule has 1 amide bonds. The van der Waals surface area contributed by atoms with E-state index in [-0.39, 0.29) is 11.9 Å². The molecular formula is C19H24N4O. The predicted octanol–water partition coefficient (Wildman–Crippen LogP) is 3.38. The maximum Gasteiger partial charge on any atom is 0.270 e. The Labute approximate surface area is 142 Å². The maximum atomic E-state index is 12.4. The van der Waals surface area contributed by atoms with Crippen molar-refractivity contribution in [1.82, 2.24) is 15.3 Å². The summed E-state index contributed by atoms with van der Waals surface area (Å²) >= 11 is 0. The first-order valence-electron chi connectivity index (χ1n) is 8.56. The van der Waals surface area contributed by atoms with Crippen molar-refractivity contribution in [2.45, 2.75) is 52.1 Å². The molecule has 0 bridgehead atoms.